The molecule has 1 aliphatic heterocycles. The smallest absolute Gasteiger partial charge is 0.248 e. The summed E-state index contributed by atoms with van der Waals surface area (Å²) in [5, 5.41) is 19.2. The van der Waals surface area contributed by atoms with Gasteiger partial charge in [0.05, 0.1) is 0 Å². The van der Waals surface area contributed by atoms with Crippen LogP contribution in [0.1, 0.15) is 51.9 Å². The van der Waals surface area contributed by atoms with Crippen LogP contribution in [0.5, 0.6) is 0 Å². The number of aromatic nitrogens is 2. The molecule has 0 radical (unpaired) electrons. The summed E-state index contributed by atoms with van der Waals surface area (Å²) in [7, 11) is 0. The molecule has 3 N–H and O–H groups in total. The lowest BCUT2D eigenvalue weighted by molar-refractivity contribution is -0.143. The zero-order chi connectivity index (χ0) is 20.1. The standard InChI is InChI=1S/C19H27N5O4/c1-2-3-5-13(10-16(25)23-28)18(27)24-12-19(7-8-19)11-14(24)17(26)21-15-6-4-9-20-22-15/h4,6,9,13-14,28H,2-3,5,7-8,10-12H2,1H3,(H,23,25)(H,21,22,26)/t13-,14?/m1/s1. The van der Waals surface area contributed by atoms with Gasteiger partial charge >= 0.3 is 0 Å². The van der Waals surface area contributed by atoms with Gasteiger partial charge in [-0.2, -0.15) is 5.10 Å². The van der Waals surface area contributed by atoms with Crippen molar-refractivity contribution in [3.8, 4) is 0 Å². The van der Waals surface area contributed by atoms with Gasteiger partial charge in [-0.05, 0) is 43.2 Å². The van der Waals surface area contributed by atoms with E-state index in [0.29, 0.717) is 25.2 Å². The number of hydrogen-bond donors (Lipinski definition) is 3. The number of anilines is 1. The minimum absolute atomic E-state index is 0.0224. The third-order valence-electron chi connectivity index (χ3n) is 5.69. The summed E-state index contributed by atoms with van der Waals surface area (Å²) in [5.74, 6) is -1.26. The molecule has 1 unspecified atom stereocenters. The number of rotatable bonds is 8. The molecule has 1 spiro atoms. The second-order valence-electron chi connectivity index (χ2n) is 7.86. The molecule has 3 amide bonds. The van der Waals surface area contributed by atoms with Crippen LogP contribution in [0.4, 0.5) is 5.82 Å². The van der Waals surface area contributed by atoms with Crippen LogP contribution in [0.15, 0.2) is 18.3 Å². The topological polar surface area (TPSA) is 125 Å². The van der Waals surface area contributed by atoms with Gasteiger partial charge in [0.1, 0.15) is 6.04 Å². The number of hydroxylamine groups is 1. The number of likely N-dealkylation sites (tertiary alicyclic amines) is 1. The monoisotopic (exact) mass is 389 g/mol. The number of unbranched alkanes of at least 4 members (excludes halogenated alkanes) is 1. The SMILES string of the molecule is CCCC[C@H](CC(=O)NO)C(=O)N1CC2(CC2)CC1C(=O)Nc1cccnn1. The van der Waals surface area contributed by atoms with E-state index in [-0.39, 0.29) is 23.7 Å². The Labute approximate surface area is 163 Å². The summed E-state index contributed by atoms with van der Waals surface area (Å²) in [5.41, 5.74) is 1.63. The van der Waals surface area contributed by atoms with Gasteiger partial charge < -0.3 is 10.2 Å². The molecule has 1 saturated carbocycles. The van der Waals surface area contributed by atoms with E-state index in [1.807, 2.05) is 6.92 Å². The van der Waals surface area contributed by atoms with Crippen molar-refractivity contribution in [3.05, 3.63) is 18.3 Å². The molecule has 28 heavy (non-hydrogen) atoms. The molecule has 1 aromatic rings. The van der Waals surface area contributed by atoms with Gasteiger partial charge in [0.2, 0.25) is 17.7 Å². The van der Waals surface area contributed by atoms with Gasteiger partial charge in [-0.3, -0.25) is 19.6 Å². The zero-order valence-electron chi connectivity index (χ0n) is 16.1. The molecule has 9 nitrogen and oxygen atoms in total. The molecule has 152 valence electrons. The largest absolute Gasteiger partial charge is 0.330 e. The third-order valence-corrected chi connectivity index (χ3v) is 5.69. The average molecular weight is 389 g/mol. The molecule has 9 heteroatoms. The first-order valence-electron chi connectivity index (χ1n) is 9.80. The van der Waals surface area contributed by atoms with Crippen LogP contribution in [0.3, 0.4) is 0 Å². The molecule has 2 atom stereocenters. The molecule has 1 saturated heterocycles. The van der Waals surface area contributed by atoms with E-state index >= 15 is 0 Å². The predicted molar refractivity (Wildman–Crippen MR) is 100 cm³/mol. The van der Waals surface area contributed by atoms with E-state index in [4.69, 9.17) is 5.21 Å². The van der Waals surface area contributed by atoms with E-state index < -0.39 is 17.9 Å². The number of nitrogens with one attached hydrogen (secondary N) is 2. The Bertz CT molecular complexity index is 722. The first-order valence-corrected chi connectivity index (χ1v) is 9.80. The predicted octanol–water partition coefficient (Wildman–Crippen LogP) is 1.50. The van der Waals surface area contributed by atoms with E-state index in [1.165, 1.54) is 6.20 Å². The van der Waals surface area contributed by atoms with E-state index in [2.05, 4.69) is 15.5 Å². The number of hydrogen-bond acceptors (Lipinski definition) is 6. The molecule has 1 aromatic heterocycles. The summed E-state index contributed by atoms with van der Waals surface area (Å²) in [6.07, 6.45) is 6.30. The number of amides is 3. The average Bonchev–Trinajstić information content (AvgIpc) is 3.35. The molecule has 0 aromatic carbocycles. The minimum Gasteiger partial charge on any atom is -0.330 e. The van der Waals surface area contributed by atoms with Crippen molar-refractivity contribution < 1.29 is 19.6 Å². The Kier molecular flexibility index (Phi) is 6.23. The summed E-state index contributed by atoms with van der Waals surface area (Å²) < 4.78 is 0. The summed E-state index contributed by atoms with van der Waals surface area (Å²) in [4.78, 5) is 39.4. The Morgan fingerprint density at radius 2 is 2.18 bits per heavy atom. The van der Waals surface area contributed by atoms with Crippen molar-refractivity contribution in [2.24, 2.45) is 11.3 Å². The fraction of sp³-hybridized carbons (Fsp3) is 0.632. The maximum absolute atomic E-state index is 13.2. The second kappa shape index (κ2) is 8.64. The van der Waals surface area contributed by atoms with Gasteiger partial charge in [0.15, 0.2) is 5.82 Å². The first kappa shape index (κ1) is 20.2. The van der Waals surface area contributed by atoms with E-state index in [0.717, 1.165) is 25.7 Å². The quantitative estimate of drug-likeness (QED) is 0.457. The van der Waals surface area contributed by atoms with Crippen molar-refractivity contribution in [2.75, 3.05) is 11.9 Å². The minimum atomic E-state index is -0.588. The Morgan fingerprint density at radius 3 is 2.79 bits per heavy atom. The Balaban J connectivity index is 1.74. The highest BCUT2D eigenvalue weighted by Crippen LogP contribution is 2.55. The van der Waals surface area contributed by atoms with Crippen molar-refractivity contribution >= 4 is 23.5 Å². The Hall–Kier alpha value is -2.55. The molecule has 0 bridgehead atoms. The van der Waals surface area contributed by atoms with Gasteiger partial charge in [-0.15, -0.1) is 5.10 Å². The number of carbonyl (C=O) groups is 3. The van der Waals surface area contributed by atoms with Gasteiger partial charge in [0.25, 0.3) is 0 Å². The van der Waals surface area contributed by atoms with E-state index in [1.54, 1.807) is 22.5 Å². The van der Waals surface area contributed by atoms with Crippen molar-refractivity contribution in [1.82, 2.24) is 20.6 Å². The van der Waals surface area contributed by atoms with Crippen LogP contribution < -0.4 is 10.8 Å². The number of nitrogens with zero attached hydrogens (tertiary/aromatic N) is 3. The summed E-state index contributed by atoms with van der Waals surface area (Å²) in [6, 6.07) is 2.74. The maximum Gasteiger partial charge on any atom is 0.248 e. The molecule has 2 aliphatic rings. The molecule has 1 aliphatic carbocycles. The summed E-state index contributed by atoms with van der Waals surface area (Å²) in [6.45, 7) is 2.55. The molecule has 3 rings (SSSR count). The van der Waals surface area contributed by atoms with Crippen LogP contribution in [0.2, 0.25) is 0 Å². The Morgan fingerprint density at radius 1 is 1.39 bits per heavy atom. The third kappa shape index (κ3) is 4.64. The second-order valence-corrected chi connectivity index (χ2v) is 7.86. The zero-order valence-corrected chi connectivity index (χ0v) is 16.1. The van der Waals surface area contributed by atoms with E-state index in [9.17, 15) is 14.4 Å². The molecular weight excluding hydrogens is 362 g/mol. The normalized spacial score (nSPS) is 20.6. The highest BCUT2D eigenvalue weighted by atomic mass is 16.5. The van der Waals surface area contributed by atoms with Crippen molar-refractivity contribution in [2.45, 2.75) is 57.9 Å². The summed E-state index contributed by atoms with van der Waals surface area (Å²) >= 11 is 0. The molecular formula is C19H27N5O4. The van der Waals surface area contributed by atoms with Gasteiger partial charge in [-0.1, -0.05) is 19.8 Å². The highest BCUT2D eigenvalue weighted by Gasteiger charge is 2.55. The van der Waals surface area contributed by atoms with Crippen molar-refractivity contribution in [3.63, 3.8) is 0 Å². The molecule has 2 heterocycles. The fourth-order valence-electron chi connectivity index (χ4n) is 3.91. The number of carbonyl (C=O) groups excluding carboxylic acids is 3. The lowest BCUT2D eigenvalue weighted by atomic mass is 9.96. The lowest BCUT2D eigenvalue weighted by Gasteiger charge is -2.28. The first-order chi connectivity index (χ1) is 13.5. The van der Waals surface area contributed by atoms with Gasteiger partial charge in [-0.25, -0.2) is 5.48 Å². The lowest BCUT2D eigenvalue weighted by Crippen LogP contribution is -2.46. The maximum atomic E-state index is 13.2. The van der Waals surface area contributed by atoms with Gasteiger partial charge in [0, 0.05) is 25.1 Å². The van der Waals surface area contributed by atoms with Crippen LogP contribution >= 0.6 is 0 Å². The van der Waals surface area contributed by atoms with Crippen LogP contribution in [-0.4, -0.2) is 50.6 Å². The van der Waals surface area contributed by atoms with Crippen molar-refractivity contribution in [1.29, 1.82) is 0 Å². The fourth-order valence-corrected chi connectivity index (χ4v) is 3.91. The van der Waals surface area contributed by atoms with Crippen LogP contribution in [0.25, 0.3) is 0 Å². The molecule has 2 fully saturated rings. The highest BCUT2D eigenvalue weighted by molar-refractivity contribution is 5.98. The van der Waals surface area contributed by atoms with Crippen LogP contribution in [-0.2, 0) is 14.4 Å². The van der Waals surface area contributed by atoms with Crippen LogP contribution in [0, 0.1) is 11.3 Å².